The summed E-state index contributed by atoms with van der Waals surface area (Å²) in [5.74, 6) is 2.17. The van der Waals surface area contributed by atoms with Gasteiger partial charge in [-0.15, -0.1) is 0 Å². The van der Waals surface area contributed by atoms with Crippen molar-refractivity contribution in [2.24, 2.45) is 22.7 Å². The van der Waals surface area contributed by atoms with Crippen LogP contribution >= 0.6 is 0 Å². The SMILES string of the molecule is CC1CCC1.CCC(=O)C1CNC2(CCC2)C1.CCN=O.COc1ccc(C(C)(C)C(N)=O)cc1-c1cccc(F)c1C1CCC1. The maximum absolute atomic E-state index is 14.6. The van der Waals surface area contributed by atoms with E-state index in [-0.39, 0.29) is 11.7 Å². The number of nitroso groups, excluding NO2 is 1. The highest BCUT2D eigenvalue weighted by molar-refractivity contribution is 5.87. The fraction of sp³-hybridized carbons (Fsp3) is 0.632. The van der Waals surface area contributed by atoms with Crippen LogP contribution in [-0.4, -0.2) is 37.4 Å². The number of nitrogens with two attached hydrogens (primary N) is 1. The van der Waals surface area contributed by atoms with Gasteiger partial charge in [0, 0.05) is 30.0 Å². The van der Waals surface area contributed by atoms with Crippen molar-refractivity contribution < 1.29 is 18.7 Å². The largest absolute Gasteiger partial charge is 0.496 e. The molecule has 2 aromatic rings. The number of nitrogens with one attached hydrogen (secondary N) is 1. The molecule has 3 aliphatic carbocycles. The van der Waals surface area contributed by atoms with Crippen molar-refractivity contribution in [1.29, 1.82) is 0 Å². The number of hydrogen-bond donors (Lipinski definition) is 2. The van der Waals surface area contributed by atoms with Crippen molar-refractivity contribution in [3.8, 4) is 16.9 Å². The summed E-state index contributed by atoms with van der Waals surface area (Å²) in [6.45, 7) is 10.9. The number of benzene rings is 2. The quantitative estimate of drug-likeness (QED) is 0.282. The average Bonchev–Trinajstić information content (AvgIpc) is 3.47. The highest BCUT2D eigenvalue weighted by Crippen LogP contribution is 2.45. The Hall–Kier alpha value is -3.13. The summed E-state index contributed by atoms with van der Waals surface area (Å²) in [6, 6.07) is 10.7. The molecule has 46 heavy (non-hydrogen) atoms. The van der Waals surface area contributed by atoms with Gasteiger partial charge in [-0.25, -0.2) is 4.39 Å². The Labute approximate surface area is 275 Å². The van der Waals surface area contributed by atoms with E-state index in [4.69, 9.17) is 15.4 Å². The molecule has 8 heteroatoms. The fourth-order valence-corrected chi connectivity index (χ4v) is 6.40. The number of carbonyl (C=O) groups is 2. The number of primary amides is 1. The molecular weight excluding hydrogens is 581 g/mol. The van der Waals surface area contributed by atoms with Crippen LogP contribution in [0.5, 0.6) is 5.75 Å². The predicted octanol–water partition coefficient (Wildman–Crippen LogP) is 8.61. The number of nitrogens with zero attached hydrogens (tertiary/aromatic N) is 1. The molecule has 3 N–H and O–H groups in total. The molecule has 1 atom stereocenters. The van der Waals surface area contributed by atoms with Gasteiger partial charge >= 0.3 is 0 Å². The summed E-state index contributed by atoms with van der Waals surface area (Å²) < 4.78 is 20.1. The summed E-state index contributed by atoms with van der Waals surface area (Å²) in [5, 5.41) is 6.00. The summed E-state index contributed by atoms with van der Waals surface area (Å²) in [4.78, 5) is 32.2. The number of ether oxygens (including phenoxy) is 1. The molecule has 0 aromatic heterocycles. The molecule has 0 bridgehead atoms. The number of methoxy groups -OCH3 is 1. The molecule has 254 valence electrons. The number of ketones is 1. The molecule has 1 heterocycles. The smallest absolute Gasteiger partial charge is 0.227 e. The lowest BCUT2D eigenvalue weighted by atomic mass is 9.74. The first-order chi connectivity index (χ1) is 21.9. The van der Waals surface area contributed by atoms with E-state index in [1.165, 1.54) is 44.6 Å². The van der Waals surface area contributed by atoms with E-state index < -0.39 is 11.3 Å². The molecule has 2 aromatic carbocycles. The van der Waals surface area contributed by atoms with E-state index in [0.717, 1.165) is 60.4 Å². The molecule has 4 aliphatic rings. The molecule has 1 amide bonds. The van der Waals surface area contributed by atoms with Crippen LogP contribution in [0.25, 0.3) is 11.1 Å². The first-order valence-electron chi connectivity index (χ1n) is 17.3. The van der Waals surface area contributed by atoms with Crippen molar-refractivity contribution in [3.63, 3.8) is 0 Å². The summed E-state index contributed by atoms with van der Waals surface area (Å²) >= 11 is 0. The first-order valence-corrected chi connectivity index (χ1v) is 17.3. The number of halogens is 1. The highest BCUT2D eigenvalue weighted by atomic mass is 19.1. The molecule has 1 unspecified atom stereocenters. The Morgan fingerprint density at radius 2 is 1.67 bits per heavy atom. The van der Waals surface area contributed by atoms with Crippen LogP contribution in [0, 0.1) is 22.6 Å². The van der Waals surface area contributed by atoms with Crippen LogP contribution in [0.15, 0.2) is 41.6 Å². The topological polar surface area (TPSA) is 111 Å². The normalized spacial score (nSPS) is 19.8. The molecule has 3 saturated carbocycles. The van der Waals surface area contributed by atoms with Gasteiger partial charge in [-0.1, -0.05) is 62.9 Å². The number of rotatable bonds is 8. The van der Waals surface area contributed by atoms with Crippen LogP contribution < -0.4 is 15.8 Å². The van der Waals surface area contributed by atoms with Crippen LogP contribution in [0.1, 0.15) is 122 Å². The second kappa shape index (κ2) is 17.1. The van der Waals surface area contributed by atoms with Crippen LogP contribution in [0.4, 0.5) is 4.39 Å². The standard InChI is InChI=1S/C21H24FNO2.C10H17NO.C5H10.C2H5NO/c1-21(2,20(23)24)14-10-11-18(25-3)16(12-14)15-8-5-9-17(22)19(15)13-6-4-7-13;1-2-9(12)8-6-10(11-7-8)4-3-5-10;1-5-3-2-4-5;1-2-3-4/h5,8-13H,4,6-7H2,1-3H3,(H2,23,24);8,11H,2-7H2,1H3;5H,2-4H2,1H3;2H2,1H3. The molecule has 7 nitrogen and oxygen atoms in total. The zero-order valence-corrected chi connectivity index (χ0v) is 28.9. The summed E-state index contributed by atoms with van der Waals surface area (Å²) in [7, 11) is 1.60. The van der Waals surface area contributed by atoms with Crippen molar-refractivity contribution in [2.75, 3.05) is 20.2 Å². The monoisotopic (exact) mass is 637 g/mol. The predicted molar refractivity (Wildman–Crippen MR) is 185 cm³/mol. The van der Waals surface area contributed by atoms with Gasteiger partial charge in [-0.3, -0.25) is 9.59 Å². The Morgan fingerprint density at radius 1 is 1.04 bits per heavy atom. The molecule has 1 spiro atoms. The second-order valence-electron chi connectivity index (χ2n) is 14.0. The van der Waals surface area contributed by atoms with Crippen LogP contribution in [-0.2, 0) is 15.0 Å². The lowest BCUT2D eigenvalue weighted by Gasteiger charge is -2.38. The summed E-state index contributed by atoms with van der Waals surface area (Å²) in [6.07, 6.45) is 13.3. The lowest BCUT2D eigenvalue weighted by molar-refractivity contribution is -0.123. The van der Waals surface area contributed by atoms with Gasteiger partial charge < -0.3 is 15.8 Å². The van der Waals surface area contributed by atoms with Gasteiger partial charge in [-0.2, -0.15) is 4.91 Å². The molecule has 0 radical (unpaired) electrons. The zero-order chi connectivity index (χ0) is 33.9. The average molecular weight is 638 g/mol. The number of carbonyl (C=O) groups excluding carboxylic acids is 2. The third-order valence-corrected chi connectivity index (χ3v) is 10.4. The van der Waals surface area contributed by atoms with Gasteiger partial charge in [-0.05, 0) is 106 Å². The number of amides is 1. The van der Waals surface area contributed by atoms with Crippen molar-refractivity contribution in [1.82, 2.24) is 5.32 Å². The number of hydrogen-bond acceptors (Lipinski definition) is 6. The van der Waals surface area contributed by atoms with E-state index in [9.17, 15) is 14.0 Å². The van der Waals surface area contributed by atoms with E-state index in [2.05, 4.69) is 17.4 Å². The van der Waals surface area contributed by atoms with E-state index in [1.54, 1.807) is 33.9 Å². The lowest BCUT2D eigenvalue weighted by Crippen LogP contribution is -2.45. The van der Waals surface area contributed by atoms with Gasteiger partial charge in [0.1, 0.15) is 17.3 Å². The first kappa shape index (κ1) is 37.3. The Balaban J connectivity index is 0.000000223. The van der Waals surface area contributed by atoms with Crippen LogP contribution in [0.3, 0.4) is 0 Å². The van der Waals surface area contributed by atoms with Gasteiger partial charge in [0.05, 0.1) is 19.1 Å². The van der Waals surface area contributed by atoms with Gasteiger partial charge in [0.2, 0.25) is 5.91 Å². The Morgan fingerprint density at radius 3 is 2.09 bits per heavy atom. The van der Waals surface area contributed by atoms with E-state index in [1.807, 2.05) is 31.2 Å². The maximum atomic E-state index is 14.6. The van der Waals surface area contributed by atoms with E-state index >= 15 is 0 Å². The molecule has 4 fully saturated rings. The van der Waals surface area contributed by atoms with Gasteiger partial charge in [0.15, 0.2) is 0 Å². The van der Waals surface area contributed by atoms with Crippen LogP contribution in [0.2, 0.25) is 0 Å². The van der Waals surface area contributed by atoms with Gasteiger partial charge in [0.25, 0.3) is 0 Å². The maximum Gasteiger partial charge on any atom is 0.227 e. The summed E-state index contributed by atoms with van der Waals surface area (Å²) in [5.41, 5.74) is 8.33. The van der Waals surface area contributed by atoms with Crippen molar-refractivity contribution in [3.05, 3.63) is 58.2 Å². The molecule has 1 aliphatic heterocycles. The minimum Gasteiger partial charge on any atom is -0.496 e. The van der Waals surface area contributed by atoms with E-state index in [0.29, 0.717) is 36.0 Å². The number of Topliss-reactive ketones (excluding diaryl/α,β-unsaturated/α-hetero) is 1. The minimum absolute atomic E-state index is 0.177. The Bertz CT molecular complexity index is 1320. The highest BCUT2D eigenvalue weighted by Gasteiger charge is 2.44. The second-order valence-corrected chi connectivity index (χ2v) is 14.0. The third-order valence-electron chi connectivity index (χ3n) is 10.4. The molecule has 1 saturated heterocycles. The fourth-order valence-electron chi connectivity index (χ4n) is 6.40. The zero-order valence-electron chi connectivity index (χ0n) is 28.9. The van der Waals surface area contributed by atoms with Crippen molar-refractivity contribution in [2.45, 2.75) is 122 Å². The third kappa shape index (κ3) is 9.24. The molecule has 6 rings (SSSR count). The minimum atomic E-state index is -0.815. The molecular formula is C38H56FN3O4. The Kier molecular flexibility index (Phi) is 13.9. The van der Waals surface area contributed by atoms with Crippen molar-refractivity contribution >= 4 is 11.7 Å².